The number of ether oxygens (including phenoxy) is 2. The van der Waals surface area contributed by atoms with Gasteiger partial charge in [-0.2, -0.15) is 0 Å². The molecule has 2 fully saturated rings. The van der Waals surface area contributed by atoms with E-state index in [9.17, 15) is 4.39 Å². The first-order chi connectivity index (χ1) is 9.99. The Hall–Kier alpha value is -0.970. The molecule has 0 amide bonds. The van der Waals surface area contributed by atoms with Crippen LogP contribution in [0, 0.1) is 11.7 Å². The minimum atomic E-state index is -0.354. The average Bonchev–Trinajstić information content (AvgIpc) is 2.86. The van der Waals surface area contributed by atoms with Gasteiger partial charge in [-0.15, -0.1) is 0 Å². The summed E-state index contributed by atoms with van der Waals surface area (Å²) in [6.45, 7) is 4.28. The van der Waals surface area contributed by atoms with Crippen LogP contribution in [0.25, 0.3) is 0 Å². The third-order valence-corrected chi connectivity index (χ3v) is 4.97. The Morgan fingerprint density at radius 1 is 1.43 bits per heavy atom. The highest BCUT2D eigenvalue weighted by Crippen LogP contribution is 2.40. The zero-order valence-electron chi connectivity index (χ0n) is 12.6. The minimum absolute atomic E-state index is 0.133. The fraction of sp³-hybridized carbons (Fsp3) is 0.647. The summed E-state index contributed by atoms with van der Waals surface area (Å²) in [5.41, 5.74) is 7.08. The summed E-state index contributed by atoms with van der Waals surface area (Å²) in [5, 5.41) is 0. The summed E-state index contributed by atoms with van der Waals surface area (Å²) in [6, 6.07) is 6.74. The van der Waals surface area contributed by atoms with Gasteiger partial charge in [0.1, 0.15) is 5.82 Å². The third kappa shape index (κ3) is 3.28. The Morgan fingerprint density at radius 3 is 3.00 bits per heavy atom. The normalized spacial score (nSPS) is 32.2. The van der Waals surface area contributed by atoms with E-state index in [0.717, 1.165) is 38.0 Å². The first-order valence-corrected chi connectivity index (χ1v) is 7.74. The van der Waals surface area contributed by atoms with Gasteiger partial charge in [-0.05, 0) is 49.8 Å². The van der Waals surface area contributed by atoms with Crippen molar-refractivity contribution >= 4 is 0 Å². The van der Waals surface area contributed by atoms with Crippen molar-refractivity contribution in [3.8, 4) is 0 Å². The lowest BCUT2D eigenvalue weighted by Crippen LogP contribution is -2.53. The van der Waals surface area contributed by atoms with Crippen molar-refractivity contribution < 1.29 is 13.9 Å². The smallest absolute Gasteiger partial charge is 0.123 e. The second-order valence-electron chi connectivity index (χ2n) is 6.84. The third-order valence-electron chi connectivity index (χ3n) is 4.97. The zero-order valence-corrected chi connectivity index (χ0v) is 12.6. The summed E-state index contributed by atoms with van der Waals surface area (Å²) < 4.78 is 24.8. The first kappa shape index (κ1) is 14.9. The maximum absolute atomic E-state index is 13.3. The highest BCUT2D eigenvalue weighted by Gasteiger charge is 2.45. The van der Waals surface area contributed by atoms with Crippen LogP contribution >= 0.6 is 0 Å². The summed E-state index contributed by atoms with van der Waals surface area (Å²) in [7, 11) is 0. The summed E-state index contributed by atoms with van der Waals surface area (Å²) in [4.78, 5) is 0. The van der Waals surface area contributed by atoms with E-state index in [1.807, 2.05) is 6.07 Å². The lowest BCUT2D eigenvalue weighted by Gasteiger charge is -2.44. The molecule has 0 bridgehead atoms. The van der Waals surface area contributed by atoms with Crippen molar-refractivity contribution in [3.63, 3.8) is 0 Å². The van der Waals surface area contributed by atoms with Crippen LogP contribution in [0.1, 0.15) is 31.7 Å². The van der Waals surface area contributed by atoms with Crippen LogP contribution in [0.3, 0.4) is 0 Å². The van der Waals surface area contributed by atoms with Gasteiger partial charge in [0.05, 0.1) is 12.2 Å². The Bertz CT molecular complexity index is 497. The predicted octanol–water partition coefficient (Wildman–Crippen LogP) is 2.67. The van der Waals surface area contributed by atoms with E-state index in [2.05, 4.69) is 6.92 Å². The molecule has 2 aliphatic heterocycles. The number of nitrogens with two attached hydrogens (primary N) is 1. The molecule has 3 unspecified atom stereocenters. The van der Waals surface area contributed by atoms with Crippen LogP contribution in [0.5, 0.6) is 0 Å². The van der Waals surface area contributed by atoms with Gasteiger partial charge in [-0.25, -0.2) is 4.39 Å². The molecule has 3 rings (SSSR count). The average molecular weight is 293 g/mol. The molecule has 0 aromatic heterocycles. The van der Waals surface area contributed by atoms with Gasteiger partial charge in [0.15, 0.2) is 0 Å². The van der Waals surface area contributed by atoms with Crippen molar-refractivity contribution in [2.75, 3.05) is 19.8 Å². The van der Waals surface area contributed by atoms with Gasteiger partial charge in [-0.1, -0.05) is 12.1 Å². The fourth-order valence-electron chi connectivity index (χ4n) is 3.69. The van der Waals surface area contributed by atoms with E-state index >= 15 is 0 Å². The molecule has 2 heterocycles. The van der Waals surface area contributed by atoms with Crippen molar-refractivity contribution in [2.24, 2.45) is 11.7 Å². The van der Waals surface area contributed by atoms with Crippen molar-refractivity contribution in [3.05, 3.63) is 35.6 Å². The van der Waals surface area contributed by atoms with Gasteiger partial charge in [0, 0.05) is 25.2 Å². The standard InChI is InChI=1S/C17H24FNO2/c1-16(19,10-13-3-2-4-15(18)9-13)14-5-7-21-17(11-14)6-8-20-12-17/h2-4,9,14H,5-8,10-12,19H2,1H3. The molecule has 3 nitrogen and oxygen atoms in total. The van der Waals surface area contributed by atoms with Gasteiger partial charge >= 0.3 is 0 Å². The van der Waals surface area contributed by atoms with Gasteiger partial charge < -0.3 is 15.2 Å². The topological polar surface area (TPSA) is 44.5 Å². The fourth-order valence-corrected chi connectivity index (χ4v) is 3.69. The number of halogens is 1. The van der Waals surface area contributed by atoms with Crippen LogP contribution in [-0.4, -0.2) is 31.0 Å². The van der Waals surface area contributed by atoms with Crippen LogP contribution in [-0.2, 0) is 15.9 Å². The van der Waals surface area contributed by atoms with Gasteiger partial charge in [0.2, 0.25) is 0 Å². The van der Waals surface area contributed by atoms with E-state index in [-0.39, 0.29) is 17.0 Å². The van der Waals surface area contributed by atoms with Crippen LogP contribution in [0.15, 0.2) is 24.3 Å². The highest BCUT2D eigenvalue weighted by molar-refractivity contribution is 5.19. The van der Waals surface area contributed by atoms with E-state index < -0.39 is 0 Å². The molecule has 1 aromatic rings. The monoisotopic (exact) mass is 293 g/mol. The molecule has 1 aromatic carbocycles. The molecular formula is C17H24FNO2. The van der Waals surface area contributed by atoms with E-state index in [0.29, 0.717) is 18.9 Å². The predicted molar refractivity (Wildman–Crippen MR) is 79.5 cm³/mol. The Morgan fingerprint density at radius 2 is 2.29 bits per heavy atom. The SMILES string of the molecule is CC(N)(Cc1cccc(F)c1)C1CCOC2(CCOC2)C1. The first-order valence-electron chi connectivity index (χ1n) is 7.74. The molecule has 21 heavy (non-hydrogen) atoms. The maximum Gasteiger partial charge on any atom is 0.123 e. The van der Waals surface area contributed by atoms with Crippen LogP contribution < -0.4 is 5.73 Å². The van der Waals surface area contributed by atoms with Gasteiger partial charge in [0.25, 0.3) is 0 Å². The van der Waals surface area contributed by atoms with E-state index in [1.54, 1.807) is 12.1 Å². The van der Waals surface area contributed by atoms with E-state index in [1.165, 1.54) is 6.07 Å². The lowest BCUT2D eigenvalue weighted by molar-refractivity contribution is -0.108. The molecular weight excluding hydrogens is 269 g/mol. The lowest BCUT2D eigenvalue weighted by atomic mass is 9.72. The molecule has 0 radical (unpaired) electrons. The number of hydrogen-bond acceptors (Lipinski definition) is 3. The molecule has 0 aliphatic carbocycles. The molecule has 2 N–H and O–H groups in total. The van der Waals surface area contributed by atoms with Crippen molar-refractivity contribution in [2.45, 2.75) is 43.7 Å². The number of benzene rings is 1. The summed E-state index contributed by atoms with van der Waals surface area (Å²) in [6.07, 6.45) is 3.55. The largest absolute Gasteiger partial charge is 0.378 e. The summed E-state index contributed by atoms with van der Waals surface area (Å²) >= 11 is 0. The highest BCUT2D eigenvalue weighted by atomic mass is 19.1. The number of rotatable bonds is 3. The van der Waals surface area contributed by atoms with Crippen LogP contribution in [0.2, 0.25) is 0 Å². The quantitative estimate of drug-likeness (QED) is 0.932. The summed E-state index contributed by atoms with van der Waals surface area (Å²) in [5.74, 6) is 0.173. The van der Waals surface area contributed by atoms with Gasteiger partial charge in [-0.3, -0.25) is 0 Å². The molecule has 1 spiro atoms. The number of hydrogen-bond donors (Lipinski definition) is 1. The minimum Gasteiger partial charge on any atom is -0.378 e. The van der Waals surface area contributed by atoms with E-state index in [4.69, 9.17) is 15.2 Å². The zero-order chi connectivity index (χ0) is 14.9. The maximum atomic E-state index is 13.3. The Balaban J connectivity index is 1.71. The second kappa shape index (κ2) is 5.67. The van der Waals surface area contributed by atoms with Crippen molar-refractivity contribution in [1.82, 2.24) is 0 Å². The molecule has 0 saturated carbocycles. The van der Waals surface area contributed by atoms with Crippen LogP contribution in [0.4, 0.5) is 4.39 Å². The van der Waals surface area contributed by atoms with Crippen molar-refractivity contribution in [1.29, 1.82) is 0 Å². The molecule has 2 aliphatic rings. The Kier molecular flexibility index (Phi) is 4.04. The molecule has 3 atom stereocenters. The molecule has 2 saturated heterocycles. The second-order valence-corrected chi connectivity index (χ2v) is 6.84. The molecule has 4 heteroatoms. The Labute approximate surface area is 125 Å². The molecule has 116 valence electrons.